The molecule has 2 aromatic rings. The van der Waals surface area contributed by atoms with Crippen LogP contribution < -0.4 is 9.47 Å². The van der Waals surface area contributed by atoms with Crippen LogP contribution in [0.3, 0.4) is 0 Å². The van der Waals surface area contributed by atoms with E-state index in [4.69, 9.17) is 9.47 Å². The van der Waals surface area contributed by atoms with Crippen LogP contribution in [0.2, 0.25) is 0 Å². The van der Waals surface area contributed by atoms with E-state index in [9.17, 15) is 9.59 Å². The first-order valence-electron chi connectivity index (χ1n) is 5.39. The number of ether oxygens (including phenoxy) is 2. The molecule has 0 saturated carbocycles. The number of carbonyl (C=O) groups excluding carboxylic acids is 2. The van der Waals surface area contributed by atoms with E-state index in [0.29, 0.717) is 0 Å². The molecular formula is C10H8N6O4. The molecule has 10 nitrogen and oxygen atoms in total. The molecule has 20 heavy (non-hydrogen) atoms. The van der Waals surface area contributed by atoms with Crippen molar-refractivity contribution in [2.24, 2.45) is 0 Å². The van der Waals surface area contributed by atoms with Crippen LogP contribution in [0.1, 0.15) is 12.8 Å². The van der Waals surface area contributed by atoms with Gasteiger partial charge in [0.05, 0.1) is 12.8 Å². The van der Waals surface area contributed by atoms with Gasteiger partial charge in [-0.3, -0.25) is 9.59 Å². The van der Waals surface area contributed by atoms with Crippen molar-refractivity contribution in [2.75, 3.05) is 0 Å². The second-order valence-electron chi connectivity index (χ2n) is 3.29. The summed E-state index contributed by atoms with van der Waals surface area (Å²) in [6.07, 6.45) is 4.37. The summed E-state index contributed by atoms with van der Waals surface area (Å²) in [5.74, 6) is -1.33. The summed E-state index contributed by atoms with van der Waals surface area (Å²) in [5, 5.41) is 0. The van der Waals surface area contributed by atoms with Crippen molar-refractivity contribution in [3.63, 3.8) is 0 Å². The van der Waals surface area contributed by atoms with Gasteiger partial charge in [-0.1, -0.05) is 0 Å². The predicted molar refractivity (Wildman–Crippen MR) is 60.2 cm³/mol. The number of rotatable bonds is 5. The first-order valence-corrected chi connectivity index (χ1v) is 5.39. The van der Waals surface area contributed by atoms with Crippen LogP contribution in [0.5, 0.6) is 12.0 Å². The van der Waals surface area contributed by atoms with Gasteiger partial charge in [-0.05, 0) is 0 Å². The van der Waals surface area contributed by atoms with E-state index in [1.807, 2.05) is 0 Å². The molecule has 10 heteroatoms. The Morgan fingerprint density at radius 1 is 0.750 bits per heavy atom. The van der Waals surface area contributed by atoms with Crippen LogP contribution in [0.15, 0.2) is 25.3 Å². The van der Waals surface area contributed by atoms with E-state index in [1.54, 1.807) is 0 Å². The van der Waals surface area contributed by atoms with Crippen molar-refractivity contribution in [1.29, 1.82) is 0 Å². The van der Waals surface area contributed by atoms with Crippen LogP contribution in [-0.4, -0.2) is 41.8 Å². The van der Waals surface area contributed by atoms with Gasteiger partial charge in [-0.2, -0.15) is 19.9 Å². The smallest absolute Gasteiger partial charge is 0.327 e. The monoisotopic (exact) mass is 276 g/mol. The zero-order chi connectivity index (χ0) is 14.2. The number of nitrogens with zero attached hydrogens (tertiary/aromatic N) is 6. The zero-order valence-electron chi connectivity index (χ0n) is 10.0. The van der Waals surface area contributed by atoms with Crippen LogP contribution in [-0.2, 0) is 9.59 Å². The molecule has 0 bridgehead atoms. The SMILES string of the molecule is O=C(CCC(=O)Oc1ncncn1)Oc1ncncn1. The Bertz CT molecular complexity index is 525. The lowest BCUT2D eigenvalue weighted by molar-refractivity contribution is -0.141. The molecule has 0 aliphatic carbocycles. The fourth-order valence-electron chi connectivity index (χ4n) is 1.07. The normalized spacial score (nSPS) is 9.80. The molecule has 0 spiro atoms. The molecule has 0 atom stereocenters. The van der Waals surface area contributed by atoms with Gasteiger partial charge in [-0.25, -0.2) is 9.97 Å². The molecule has 0 aliphatic heterocycles. The zero-order valence-corrected chi connectivity index (χ0v) is 10.0. The largest absolute Gasteiger partial charge is 0.391 e. The van der Waals surface area contributed by atoms with Gasteiger partial charge in [0.2, 0.25) is 0 Å². The van der Waals surface area contributed by atoms with Gasteiger partial charge >= 0.3 is 24.0 Å². The van der Waals surface area contributed by atoms with Crippen molar-refractivity contribution >= 4 is 11.9 Å². The highest BCUT2D eigenvalue weighted by Crippen LogP contribution is 2.03. The molecule has 0 aromatic carbocycles. The summed E-state index contributed by atoms with van der Waals surface area (Å²) in [5.41, 5.74) is 0. The maximum Gasteiger partial charge on any atom is 0.327 e. The number of aromatic nitrogens is 6. The minimum absolute atomic E-state index is 0.129. The number of esters is 2. The molecule has 0 fully saturated rings. The molecule has 0 N–H and O–H groups in total. The molecular weight excluding hydrogens is 268 g/mol. The minimum atomic E-state index is -0.663. The van der Waals surface area contributed by atoms with Crippen LogP contribution in [0, 0.1) is 0 Å². The topological polar surface area (TPSA) is 130 Å². The summed E-state index contributed by atoms with van der Waals surface area (Å²) >= 11 is 0. The Labute approximate surface area is 112 Å². The molecule has 0 saturated heterocycles. The van der Waals surface area contributed by atoms with E-state index in [2.05, 4.69) is 29.9 Å². The standard InChI is InChI=1S/C10H8N6O4/c17-7(19-9-13-3-11-4-14-9)1-2-8(18)20-10-15-5-12-6-16-10/h3-6H,1-2H2. The van der Waals surface area contributed by atoms with E-state index in [-0.39, 0.29) is 24.9 Å². The highest BCUT2D eigenvalue weighted by atomic mass is 16.6. The van der Waals surface area contributed by atoms with Crippen molar-refractivity contribution in [1.82, 2.24) is 29.9 Å². The van der Waals surface area contributed by atoms with Crippen molar-refractivity contribution < 1.29 is 19.1 Å². The molecule has 102 valence electrons. The van der Waals surface area contributed by atoms with Gasteiger partial charge < -0.3 is 9.47 Å². The summed E-state index contributed by atoms with van der Waals surface area (Å²) in [6, 6.07) is -0.258. The summed E-state index contributed by atoms with van der Waals surface area (Å²) < 4.78 is 9.53. The maximum absolute atomic E-state index is 11.4. The third-order valence-electron chi connectivity index (χ3n) is 1.88. The molecule has 0 radical (unpaired) electrons. The van der Waals surface area contributed by atoms with E-state index < -0.39 is 11.9 Å². The first-order chi connectivity index (χ1) is 9.74. The maximum atomic E-state index is 11.4. The van der Waals surface area contributed by atoms with Crippen LogP contribution in [0.25, 0.3) is 0 Å². The Morgan fingerprint density at radius 3 is 1.45 bits per heavy atom. The van der Waals surface area contributed by atoms with Crippen molar-refractivity contribution in [3.8, 4) is 12.0 Å². The molecule has 0 unspecified atom stereocenters. The van der Waals surface area contributed by atoms with Gasteiger partial charge in [0, 0.05) is 0 Å². The third-order valence-corrected chi connectivity index (χ3v) is 1.88. The lowest BCUT2D eigenvalue weighted by Crippen LogP contribution is -2.15. The van der Waals surface area contributed by atoms with Gasteiger partial charge in [0.15, 0.2) is 0 Å². The molecule has 2 aromatic heterocycles. The lowest BCUT2D eigenvalue weighted by atomic mass is 10.3. The molecule has 2 heterocycles. The van der Waals surface area contributed by atoms with Crippen molar-refractivity contribution in [3.05, 3.63) is 25.3 Å². The Balaban J connectivity index is 1.75. The van der Waals surface area contributed by atoms with Gasteiger partial charge in [0.1, 0.15) is 25.3 Å². The Hall–Kier alpha value is -3.04. The van der Waals surface area contributed by atoms with Crippen LogP contribution >= 0.6 is 0 Å². The first kappa shape index (κ1) is 13.4. The minimum Gasteiger partial charge on any atom is -0.391 e. The summed E-state index contributed by atoms with van der Waals surface area (Å²) in [7, 11) is 0. The fraction of sp³-hybridized carbons (Fsp3) is 0.200. The van der Waals surface area contributed by atoms with E-state index in [0.717, 1.165) is 0 Å². The van der Waals surface area contributed by atoms with Gasteiger partial charge in [-0.15, -0.1) is 0 Å². The van der Waals surface area contributed by atoms with Crippen LogP contribution in [0.4, 0.5) is 0 Å². The Kier molecular flexibility index (Phi) is 4.54. The average molecular weight is 276 g/mol. The van der Waals surface area contributed by atoms with E-state index >= 15 is 0 Å². The second-order valence-corrected chi connectivity index (χ2v) is 3.29. The molecule has 0 aliphatic rings. The number of hydrogen-bond acceptors (Lipinski definition) is 10. The predicted octanol–water partition coefficient (Wildman–Crippen LogP) is -0.652. The third kappa shape index (κ3) is 4.33. The highest BCUT2D eigenvalue weighted by molar-refractivity contribution is 5.79. The molecule has 2 rings (SSSR count). The van der Waals surface area contributed by atoms with E-state index in [1.165, 1.54) is 25.3 Å². The van der Waals surface area contributed by atoms with Crippen molar-refractivity contribution in [2.45, 2.75) is 12.8 Å². The summed E-state index contributed by atoms with van der Waals surface area (Å²) in [4.78, 5) is 44.4. The molecule has 0 amide bonds. The fourth-order valence-corrected chi connectivity index (χ4v) is 1.07. The number of carbonyl (C=O) groups is 2. The average Bonchev–Trinajstić information content (AvgIpc) is 2.47. The number of hydrogen-bond donors (Lipinski definition) is 0. The quantitative estimate of drug-likeness (QED) is 0.649. The lowest BCUT2D eigenvalue weighted by Gasteiger charge is -2.02. The highest BCUT2D eigenvalue weighted by Gasteiger charge is 2.12. The van der Waals surface area contributed by atoms with Gasteiger partial charge in [0.25, 0.3) is 0 Å². The summed E-state index contributed by atoms with van der Waals surface area (Å²) in [6.45, 7) is 0. The second kappa shape index (κ2) is 6.78. The Morgan fingerprint density at radius 2 is 1.10 bits per heavy atom.